The Morgan fingerprint density at radius 2 is 1.65 bits per heavy atom. The van der Waals surface area contributed by atoms with Crippen LogP contribution in [0.15, 0.2) is 54.7 Å². The van der Waals surface area contributed by atoms with Gasteiger partial charge in [0.2, 0.25) is 5.52 Å². The quantitative estimate of drug-likeness (QED) is 0.267. The van der Waals surface area contributed by atoms with Crippen molar-refractivity contribution in [3.8, 4) is 5.75 Å². The molecule has 34 heavy (non-hydrogen) atoms. The largest absolute Gasteiger partial charge is 0.507 e. The van der Waals surface area contributed by atoms with Crippen LogP contribution in [-0.4, -0.2) is 67.2 Å². The van der Waals surface area contributed by atoms with Gasteiger partial charge in [-0.25, -0.2) is 4.57 Å². The number of phenolic OH excluding ortho intramolecular Hbond substituents is 1. The molecule has 1 aromatic heterocycles. The summed E-state index contributed by atoms with van der Waals surface area (Å²) in [5.74, 6) is -0.742. The van der Waals surface area contributed by atoms with Crippen molar-refractivity contribution in [3.05, 3.63) is 71.4 Å². The van der Waals surface area contributed by atoms with Crippen LogP contribution in [0.4, 0.5) is 0 Å². The Bertz CT molecular complexity index is 1210. The van der Waals surface area contributed by atoms with Gasteiger partial charge in [0.25, 0.3) is 17.7 Å². The van der Waals surface area contributed by atoms with Crippen LogP contribution < -0.4 is 9.88 Å². The van der Waals surface area contributed by atoms with Gasteiger partial charge in [0.1, 0.15) is 18.4 Å². The molecule has 0 unspecified atom stereocenters. The average Bonchev–Trinajstić information content (AvgIpc) is 3.08. The Morgan fingerprint density at radius 1 is 0.971 bits per heavy atom. The van der Waals surface area contributed by atoms with Gasteiger partial charge in [-0.2, -0.15) is 0 Å². The normalized spacial score (nSPS) is 12.9. The number of hydrogen-bond donors (Lipinski definition) is 2. The molecule has 3 amide bonds. The number of fused-ring (bicyclic) bond motifs is 2. The standard InChI is InChI=1S/C25H25N3O6/c1-27-16-17(15-20-21(27)7-4-8-22(20)29)23(30)26-9-11-33-13-14-34-12-10-28-24(31)18-5-2-3-6-19(18)25(28)32/h2-8,15-16H,9-14H2,1H3,(H,26,30)/p+1. The van der Waals surface area contributed by atoms with Gasteiger partial charge in [-0.1, -0.05) is 18.2 Å². The first kappa shape index (κ1) is 23.3. The first-order valence-corrected chi connectivity index (χ1v) is 11.0. The molecule has 1 aliphatic heterocycles. The number of pyridine rings is 1. The van der Waals surface area contributed by atoms with E-state index in [0.717, 1.165) is 5.52 Å². The van der Waals surface area contributed by atoms with Gasteiger partial charge < -0.3 is 19.9 Å². The molecule has 0 atom stereocenters. The SMILES string of the molecule is C[n+]1cc(C(=O)NCCOCCOCCN2C(=O)c3ccccc3C2=O)cc2c(O)cccc21. The number of carbonyl (C=O) groups is 3. The summed E-state index contributed by atoms with van der Waals surface area (Å²) in [6.45, 7) is 1.64. The number of hydrogen-bond acceptors (Lipinski definition) is 6. The number of benzene rings is 2. The maximum atomic E-state index is 12.4. The fourth-order valence-corrected chi connectivity index (χ4v) is 3.85. The molecule has 3 aromatic rings. The molecule has 1 aliphatic rings. The summed E-state index contributed by atoms with van der Waals surface area (Å²) in [6.07, 6.45) is 1.71. The van der Waals surface area contributed by atoms with Crippen molar-refractivity contribution in [1.29, 1.82) is 0 Å². The Kier molecular flexibility index (Phi) is 7.15. The van der Waals surface area contributed by atoms with Crippen molar-refractivity contribution in [2.45, 2.75) is 0 Å². The minimum absolute atomic E-state index is 0.120. The molecule has 2 aromatic carbocycles. The van der Waals surface area contributed by atoms with E-state index >= 15 is 0 Å². The number of aryl methyl sites for hydroxylation is 1. The smallest absolute Gasteiger partial charge is 0.261 e. The van der Waals surface area contributed by atoms with Gasteiger partial charge in [0.15, 0.2) is 6.20 Å². The third-order valence-electron chi connectivity index (χ3n) is 5.58. The van der Waals surface area contributed by atoms with Crippen LogP contribution in [0.25, 0.3) is 10.9 Å². The molecule has 0 fully saturated rings. The molecule has 0 bridgehead atoms. The fourth-order valence-electron chi connectivity index (χ4n) is 3.85. The lowest BCUT2D eigenvalue weighted by Crippen LogP contribution is -2.34. The summed E-state index contributed by atoms with van der Waals surface area (Å²) < 4.78 is 12.7. The molecule has 0 spiro atoms. The van der Waals surface area contributed by atoms with Crippen molar-refractivity contribution < 1.29 is 33.5 Å². The number of aromatic hydroxyl groups is 1. The van der Waals surface area contributed by atoms with Crippen molar-refractivity contribution in [3.63, 3.8) is 0 Å². The predicted octanol–water partition coefficient (Wildman–Crippen LogP) is 1.43. The Morgan fingerprint density at radius 3 is 2.35 bits per heavy atom. The van der Waals surface area contributed by atoms with Crippen LogP contribution in [0.5, 0.6) is 5.75 Å². The van der Waals surface area contributed by atoms with Gasteiger partial charge in [-0.3, -0.25) is 19.3 Å². The Labute approximate surface area is 196 Å². The van der Waals surface area contributed by atoms with Crippen LogP contribution in [0.2, 0.25) is 0 Å². The van der Waals surface area contributed by atoms with E-state index in [1.165, 1.54) is 4.90 Å². The molecule has 0 saturated heterocycles. The zero-order valence-electron chi connectivity index (χ0n) is 18.8. The maximum Gasteiger partial charge on any atom is 0.261 e. The molecular weight excluding hydrogens is 438 g/mol. The number of rotatable bonds is 10. The molecule has 2 heterocycles. The zero-order valence-corrected chi connectivity index (χ0v) is 18.8. The minimum atomic E-state index is -0.300. The van der Waals surface area contributed by atoms with E-state index in [2.05, 4.69) is 5.32 Å². The van der Waals surface area contributed by atoms with Gasteiger partial charge in [0.05, 0.1) is 49.5 Å². The van der Waals surface area contributed by atoms with Crippen molar-refractivity contribution in [2.75, 3.05) is 39.5 Å². The predicted molar refractivity (Wildman–Crippen MR) is 123 cm³/mol. The Hall–Kier alpha value is -3.82. The van der Waals surface area contributed by atoms with Gasteiger partial charge in [-0.05, 0) is 24.3 Å². The number of aromatic nitrogens is 1. The molecule has 176 valence electrons. The molecule has 0 saturated carbocycles. The highest BCUT2D eigenvalue weighted by molar-refractivity contribution is 6.21. The van der Waals surface area contributed by atoms with E-state index in [1.807, 2.05) is 13.1 Å². The second-order valence-corrected chi connectivity index (χ2v) is 7.84. The molecule has 0 aliphatic carbocycles. The van der Waals surface area contributed by atoms with Crippen molar-refractivity contribution in [2.24, 2.45) is 7.05 Å². The summed E-state index contributed by atoms with van der Waals surface area (Å²) in [5.41, 5.74) is 2.11. The van der Waals surface area contributed by atoms with Crippen LogP contribution in [0, 0.1) is 0 Å². The van der Waals surface area contributed by atoms with E-state index in [1.54, 1.807) is 53.2 Å². The topological polar surface area (TPSA) is 109 Å². The third-order valence-corrected chi connectivity index (χ3v) is 5.58. The van der Waals surface area contributed by atoms with Gasteiger partial charge in [0, 0.05) is 12.6 Å². The fraction of sp³-hybridized carbons (Fsp3) is 0.280. The maximum absolute atomic E-state index is 12.4. The summed E-state index contributed by atoms with van der Waals surface area (Å²) in [7, 11) is 1.82. The summed E-state index contributed by atoms with van der Waals surface area (Å²) in [4.78, 5) is 38.2. The molecule has 2 N–H and O–H groups in total. The van der Waals surface area contributed by atoms with E-state index < -0.39 is 0 Å². The number of ether oxygens (including phenoxy) is 2. The van der Waals surface area contributed by atoms with Crippen LogP contribution in [-0.2, 0) is 16.5 Å². The molecule has 9 nitrogen and oxygen atoms in total. The van der Waals surface area contributed by atoms with Crippen LogP contribution >= 0.6 is 0 Å². The first-order valence-electron chi connectivity index (χ1n) is 11.0. The van der Waals surface area contributed by atoms with Gasteiger partial charge in [-0.15, -0.1) is 0 Å². The number of nitrogens with zero attached hydrogens (tertiary/aromatic N) is 2. The van der Waals surface area contributed by atoms with E-state index in [-0.39, 0.29) is 36.6 Å². The highest BCUT2D eigenvalue weighted by atomic mass is 16.5. The minimum Gasteiger partial charge on any atom is -0.507 e. The number of amides is 3. The summed E-state index contributed by atoms with van der Waals surface area (Å²) in [6, 6.07) is 13.6. The van der Waals surface area contributed by atoms with E-state index in [4.69, 9.17) is 9.47 Å². The van der Waals surface area contributed by atoms with E-state index in [0.29, 0.717) is 48.4 Å². The summed E-state index contributed by atoms with van der Waals surface area (Å²) >= 11 is 0. The average molecular weight is 464 g/mol. The third kappa shape index (κ3) is 4.90. The Balaban J connectivity index is 1.12. The molecule has 9 heteroatoms. The number of phenols is 1. The highest BCUT2D eigenvalue weighted by Gasteiger charge is 2.34. The van der Waals surface area contributed by atoms with Crippen LogP contribution in [0.1, 0.15) is 31.1 Å². The second-order valence-electron chi connectivity index (χ2n) is 7.84. The van der Waals surface area contributed by atoms with Crippen LogP contribution in [0.3, 0.4) is 0 Å². The number of carbonyl (C=O) groups excluding carboxylic acids is 3. The lowest BCUT2D eigenvalue weighted by molar-refractivity contribution is -0.645. The van der Waals surface area contributed by atoms with E-state index in [9.17, 15) is 19.5 Å². The molecule has 0 radical (unpaired) electrons. The lowest BCUT2D eigenvalue weighted by atomic mass is 10.1. The monoisotopic (exact) mass is 464 g/mol. The molecule has 4 rings (SSSR count). The highest BCUT2D eigenvalue weighted by Crippen LogP contribution is 2.23. The second kappa shape index (κ2) is 10.4. The van der Waals surface area contributed by atoms with Crippen molar-refractivity contribution in [1.82, 2.24) is 10.2 Å². The first-order chi connectivity index (χ1) is 16.5. The molecular formula is C25H26N3O6+. The zero-order chi connectivity index (χ0) is 24.1. The lowest BCUT2D eigenvalue weighted by Gasteiger charge is -2.13. The van der Waals surface area contributed by atoms with Gasteiger partial charge >= 0.3 is 0 Å². The summed E-state index contributed by atoms with van der Waals surface area (Å²) in [5, 5.41) is 13.4. The number of imide groups is 1. The van der Waals surface area contributed by atoms with Crippen molar-refractivity contribution >= 4 is 28.6 Å². The number of nitrogens with one attached hydrogen (secondary N) is 1.